The summed E-state index contributed by atoms with van der Waals surface area (Å²) >= 11 is 1.58. The number of likely N-dealkylation sites (tertiary alicyclic amines) is 1. The molecule has 3 aliphatic rings. The van der Waals surface area contributed by atoms with E-state index >= 15 is 0 Å². The van der Waals surface area contributed by atoms with Crippen LogP contribution in [0.5, 0.6) is 5.75 Å². The number of β-amino-alcohol motifs (C(OH)–C–C–N with tert-alkyl or cyclic N) is 1. The molecule has 0 bridgehead atoms. The fraction of sp³-hybridized carbons (Fsp3) is 0.582. The molecule has 3 heterocycles. The highest BCUT2D eigenvalue weighted by atomic mass is 32.1. The molecule has 4 aromatic rings. The number of aliphatic hydroxyl groups excluding tert-OH is 1. The standard InChI is InChI=1S/C55H77N9O9S/c1-37-48(74-36-59-37)40-15-13-38(14-16-40)32-57-51(67)46-31-43(65)34-64(46)53(69)49(55(2,3)4)61-47(66)35-72-29-9-27-70-25-6-7-26-71-28-10-30-73-44-21-19-42(20-22-44)60-54-58-33-45(39-17-18-39)50(62-54)56-23-24-63(5)52(68)41-11-8-12-41/h13-16,19-22,33,36,39,41,43,46,49,65H,6-12,17-18,23-32,34-35H2,1-5H3,(H,57,67)(H,61,66)(H2,56,58,60,62)/t43-,46+,49-/m0/s1. The van der Waals surface area contributed by atoms with E-state index < -0.39 is 35.4 Å². The van der Waals surface area contributed by atoms with E-state index in [1.54, 1.807) is 11.3 Å². The lowest BCUT2D eigenvalue weighted by Crippen LogP contribution is -2.58. The zero-order chi connectivity index (χ0) is 52.5. The monoisotopic (exact) mass is 1040 g/mol. The van der Waals surface area contributed by atoms with E-state index in [-0.39, 0.29) is 43.8 Å². The first-order valence-electron chi connectivity index (χ1n) is 26.4. The number of carbonyl (C=O) groups excluding carboxylic acids is 4. The highest BCUT2D eigenvalue weighted by molar-refractivity contribution is 7.13. The molecule has 2 aromatic carbocycles. The van der Waals surface area contributed by atoms with Crippen molar-refractivity contribution in [2.45, 2.75) is 123 Å². The molecule has 7 rings (SSSR count). The minimum absolute atomic E-state index is 0.00198. The second kappa shape index (κ2) is 27.7. The average Bonchev–Trinajstić information content (AvgIpc) is 4.00. The van der Waals surface area contributed by atoms with Crippen molar-refractivity contribution in [3.8, 4) is 16.2 Å². The van der Waals surface area contributed by atoms with Gasteiger partial charge in [-0.15, -0.1) is 11.3 Å². The Morgan fingerprint density at radius 3 is 2.22 bits per heavy atom. The predicted octanol–water partition coefficient (Wildman–Crippen LogP) is 7.00. The van der Waals surface area contributed by atoms with Crippen molar-refractivity contribution in [2.24, 2.45) is 11.3 Å². The number of carbonyl (C=O) groups is 4. The van der Waals surface area contributed by atoms with Gasteiger partial charge in [0.1, 0.15) is 30.3 Å². The quantitative estimate of drug-likeness (QED) is 0.0333. The smallest absolute Gasteiger partial charge is 0.246 e. The summed E-state index contributed by atoms with van der Waals surface area (Å²) < 4.78 is 23.1. The van der Waals surface area contributed by atoms with E-state index in [1.807, 2.05) is 99.9 Å². The lowest BCUT2D eigenvalue weighted by Gasteiger charge is -2.35. The number of nitrogens with zero attached hydrogens (tertiary/aromatic N) is 5. The third-order valence-electron chi connectivity index (χ3n) is 13.6. The molecule has 5 N–H and O–H groups in total. The highest BCUT2D eigenvalue weighted by Crippen LogP contribution is 2.43. The minimum Gasteiger partial charge on any atom is -0.494 e. The molecule has 3 fully saturated rings. The fourth-order valence-electron chi connectivity index (χ4n) is 8.84. The zero-order valence-electron chi connectivity index (χ0n) is 43.9. The van der Waals surface area contributed by atoms with Crippen molar-refractivity contribution < 1.29 is 43.2 Å². The van der Waals surface area contributed by atoms with E-state index in [0.29, 0.717) is 71.0 Å². The van der Waals surface area contributed by atoms with Gasteiger partial charge in [-0.05, 0) is 98.6 Å². The van der Waals surface area contributed by atoms with Crippen LogP contribution < -0.4 is 26.0 Å². The predicted molar refractivity (Wildman–Crippen MR) is 285 cm³/mol. The molecule has 19 heteroatoms. The number of nitrogens with one attached hydrogen (secondary N) is 4. The maximum absolute atomic E-state index is 13.9. The van der Waals surface area contributed by atoms with E-state index in [4.69, 9.17) is 23.9 Å². The number of hydrogen-bond donors (Lipinski definition) is 5. The molecule has 18 nitrogen and oxygen atoms in total. The number of ether oxygens (including phenoxy) is 4. The summed E-state index contributed by atoms with van der Waals surface area (Å²) in [4.78, 5) is 70.9. The van der Waals surface area contributed by atoms with E-state index in [2.05, 4.69) is 31.2 Å². The highest BCUT2D eigenvalue weighted by Gasteiger charge is 2.44. The van der Waals surface area contributed by atoms with Crippen molar-refractivity contribution in [3.05, 3.63) is 77.1 Å². The van der Waals surface area contributed by atoms with Crippen molar-refractivity contribution in [1.29, 1.82) is 0 Å². The van der Waals surface area contributed by atoms with Gasteiger partial charge in [0.05, 0.1) is 28.8 Å². The maximum Gasteiger partial charge on any atom is 0.246 e. The molecule has 0 spiro atoms. The second-order valence-corrected chi connectivity index (χ2v) is 21.6. The summed E-state index contributed by atoms with van der Waals surface area (Å²) in [6.45, 7) is 12.0. The van der Waals surface area contributed by atoms with Crippen LogP contribution >= 0.6 is 11.3 Å². The summed E-state index contributed by atoms with van der Waals surface area (Å²) in [5.74, 6) is 1.81. The number of aryl methyl sites for hydroxylation is 1. The first-order chi connectivity index (χ1) is 35.7. The maximum atomic E-state index is 13.9. The second-order valence-electron chi connectivity index (χ2n) is 20.7. The third kappa shape index (κ3) is 16.9. The third-order valence-corrected chi connectivity index (χ3v) is 14.5. The lowest BCUT2D eigenvalue weighted by atomic mass is 9.84. The Morgan fingerprint density at radius 2 is 1.57 bits per heavy atom. The molecule has 2 aromatic heterocycles. The van der Waals surface area contributed by atoms with Crippen LogP contribution in [0.1, 0.15) is 108 Å². The molecular weight excluding hydrogens is 963 g/mol. The number of hydrogen-bond acceptors (Lipinski definition) is 15. The number of aliphatic hydroxyl groups is 1. The molecule has 2 aliphatic carbocycles. The van der Waals surface area contributed by atoms with Crippen molar-refractivity contribution in [1.82, 2.24) is 35.4 Å². The number of rotatable bonds is 30. The molecule has 2 saturated carbocycles. The van der Waals surface area contributed by atoms with Gasteiger partial charge < -0.3 is 55.1 Å². The summed E-state index contributed by atoms with van der Waals surface area (Å²) in [5.41, 5.74) is 6.05. The number of amides is 4. The number of unbranched alkanes of at least 4 members (excludes halogenated alkanes) is 1. The van der Waals surface area contributed by atoms with Crippen LogP contribution in [0, 0.1) is 18.3 Å². The number of likely N-dealkylation sites (N-methyl/N-ethyl adjacent to an activating group) is 1. The topological polar surface area (TPSA) is 219 Å². The van der Waals surface area contributed by atoms with Crippen LogP contribution in [0.3, 0.4) is 0 Å². The van der Waals surface area contributed by atoms with Crippen molar-refractivity contribution in [2.75, 3.05) is 83.6 Å². The Hall–Kier alpha value is -5.73. The number of aromatic nitrogens is 3. The Bertz CT molecular complexity index is 2430. The van der Waals surface area contributed by atoms with Crippen LogP contribution in [0.4, 0.5) is 17.5 Å². The van der Waals surface area contributed by atoms with E-state index in [9.17, 15) is 24.3 Å². The molecule has 1 aliphatic heterocycles. The van der Waals surface area contributed by atoms with Gasteiger partial charge in [0.2, 0.25) is 29.6 Å². The molecular formula is C55H77N9O9S. The first-order valence-corrected chi connectivity index (χ1v) is 27.3. The first kappa shape index (κ1) is 56.0. The zero-order valence-corrected chi connectivity index (χ0v) is 44.7. The number of anilines is 3. The van der Waals surface area contributed by atoms with Crippen LogP contribution in [-0.4, -0.2) is 145 Å². The van der Waals surface area contributed by atoms with Gasteiger partial charge in [0.15, 0.2) is 0 Å². The van der Waals surface area contributed by atoms with Crippen LogP contribution in [0.15, 0.2) is 60.2 Å². The van der Waals surface area contributed by atoms with Gasteiger partial charge in [0.25, 0.3) is 0 Å². The molecule has 3 atom stereocenters. The van der Waals surface area contributed by atoms with E-state index in [0.717, 1.165) is 95.9 Å². The average molecular weight is 1040 g/mol. The Balaban J connectivity index is 0.695. The van der Waals surface area contributed by atoms with Crippen LogP contribution in [0.25, 0.3) is 10.4 Å². The van der Waals surface area contributed by atoms with Gasteiger partial charge >= 0.3 is 0 Å². The van der Waals surface area contributed by atoms with Crippen LogP contribution in [-0.2, 0) is 39.9 Å². The molecule has 0 unspecified atom stereocenters. The Kier molecular flexibility index (Phi) is 21.0. The van der Waals surface area contributed by atoms with Gasteiger partial charge in [-0.25, -0.2) is 9.97 Å². The minimum atomic E-state index is -0.939. The van der Waals surface area contributed by atoms with Gasteiger partial charge in [0, 0.05) is 102 Å². The molecule has 1 saturated heterocycles. The van der Waals surface area contributed by atoms with Gasteiger partial charge in [-0.3, -0.25) is 19.2 Å². The van der Waals surface area contributed by atoms with Crippen molar-refractivity contribution >= 4 is 52.4 Å². The van der Waals surface area contributed by atoms with Crippen molar-refractivity contribution in [3.63, 3.8) is 0 Å². The Morgan fingerprint density at radius 1 is 0.878 bits per heavy atom. The molecule has 402 valence electrons. The summed E-state index contributed by atoms with van der Waals surface area (Å²) in [6.07, 6.45) is 9.69. The molecule has 4 amide bonds. The van der Waals surface area contributed by atoms with E-state index in [1.165, 1.54) is 4.90 Å². The van der Waals surface area contributed by atoms with Gasteiger partial charge in [-0.1, -0.05) is 51.5 Å². The summed E-state index contributed by atoms with van der Waals surface area (Å²) in [5, 5.41) is 23.1. The largest absolute Gasteiger partial charge is 0.494 e. The van der Waals surface area contributed by atoms with Gasteiger partial charge in [-0.2, -0.15) is 4.98 Å². The molecule has 74 heavy (non-hydrogen) atoms. The molecule has 0 radical (unpaired) electrons. The van der Waals surface area contributed by atoms with Crippen LogP contribution in [0.2, 0.25) is 0 Å². The SMILES string of the molecule is Cc1ncsc1-c1ccc(CNC(=O)[C@H]2C[C@H](O)CN2C(=O)[C@H](NC(=O)COCCCOCCCCOCCCOc2ccc(Nc3ncc(C4CC4)c(NCCN(C)C(=O)C4CCC4)n3)cc2)C(C)(C)C)cc1. The Labute approximate surface area is 440 Å². The summed E-state index contributed by atoms with van der Waals surface area (Å²) in [6, 6.07) is 13.8. The number of thiazole rings is 1. The lowest BCUT2D eigenvalue weighted by molar-refractivity contribution is -0.144. The number of benzene rings is 2. The normalized spacial score (nSPS) is 17.1. The summed E-state index contributed by atoms with van der Waals surface area (Å²) in [7, 11) is 1.88. The fourth-order valence-corrected chi connectivity index (χ4v) is 9.65.